The summed E-state index contributed by atoms with van der Waals surface area (Å²) in [6.07, 6.45) is 0. The first-order valence-electron chi connectivity index (χ1n) is 22.4. The van der Waals surface area contributed by atoms with Crippen molar-refractivity contribution in [3.63, 3.8) is 0 Å². The molecule has 1 unspecified atom stereocenters. The van der Waals surface area contributed by atoms with Crippen molar-refractivity contribution in [3.05, 3.63) is 220 Å². The summed E-state index contributed by atoms with van der Waals surface area (Å²) in [6.45, 7) is 20.0. The molecule has 0 spiro atoms. The lowest BCUT2D eigenvalue weighted by Gasteiger charge is -2.41. The van der Waals surface area contributed by atoms with Crippen LogP contribution in [0.1, 0.15) is 123 Å². The van der Waals surface area contributed by atoms with Crippen LogP contribution in [-0.4, -0.2) is 27.1 Å². The van der Waals surface area contributed by atoms with Gasteiger partial charge in [-0.1, -0.05) is 178 Å². The fraction of sp³-hybridized carbons (Fsp3) is 0.214. The van der Waals surface area contributed by atoms with E-state index in [9.17, 15) is 24.9 Å². The number of carbonyl (C=O) groups excluding carboxylic acids is 2. The summed E-state index contributed by atoms with van der Waals surface area (Å²) in [7, 11) is 0. The number of nitrogen functional groups attached to an aromatic ring is 1. The van der Waals surface area contributed by atoms with Crippen molar-refractivity contribution in [2.45, 2.75) is 80.3 Å². The minimum atomic E-state index is -0.964. The van der Waals surface area contributed by atoms with Gasteiger partial charge in [-0.05, 0) is 94.5 Å². The molecule has 2 aliphatic rings. The van der Waals surface area contributed by atoms with E-state index in [0.29, 0.717) is 16.8 Å². The SMILES string of the molecule is CC.CC.CC.CC.CC.Nc1ccccc1C1(c2ccc(O)cc2)c2ccccc2C(=O)N1c1ccccc1.O=C1NC(c2ccc(O)cc2)(c2ccc(O)cc2)c2ccccc21. The van der Waals surface area contributed by atoms with Crippen LogP contribution < -0.4 is 16.0 Å². The van der Waals surface area contributed by atoms with Crippen LogP contribution in [0.5, 0.6) is 17.2 Å². The lowest BCUT2D eigenvalue weighted by molar-refractivity contribution is 0.0947. The number of aromatic hydroxyl groups is 3. The zero-order chi connectivity index (χ0) is 47.5. The highest BCUT2D eigenvalue weighted by atomic mass is 16.3. The van der Waals surface area contributed by atoms with Gasteiger partial charge in [0, 0.05) is 28.1 Å². The first-order valence-corrected chi connectivity index (χ1v) is 22.4. The molecule has 0 saturated heterocycles. The van der Waals surface area contributed by atoms with Crippen LogP contribution in [0.25, 0.3) is 0 Å². The van der Waals surface area contributed by atoms with E-state index in [-0.39, 0.29) is 29.1 Å². The van der Waals surface area contributed by atoms with E-state index in [1.165, 1.54) is 0 Å². The number of para-hydroxylation sites is 2. The summed E-state index contributed by atoms with van der Waals surface area (Å²) in [4.78, 5) is 28.1. The predicted molar refractivity (Wildman–Crippen MR) is 265 cm³/mol. The summed E-state index contributed by atoms with van der Waals surface area (Å²) in [6, 6.07) is 53.0. The van der Waals surface area contributed by atoms with Crippen LogP contribution >= 0.6 is 0 Å². The van der Waals surface area contributed by atoms with Gasteiger partial charge in [-0.25, -0.2) is 0 Å². The second kappa shape index (κ2) is 24.4. The fourth-order valence-electron chi connectivity index (χ4n) is 7.86. The molecule has 7 aromatic rings. The molecule has 334 valence electrons. The molecule has 0 saturated carbocycles. The average molecular weight is 860 g/mol. The normalized spacial score (nSPS) is 14.4. The molecule has 64 heavy (non-hydrogen) atoms. The van der Waals surface area contributed by atoms with E-state index in [1.807, 2.05) is 183 Å². The lowest BCUT2D eigenvalue weighted by atomic mass is 9.76. The number of benzene rings is 7. The van der Waals surface area contributed by atoms with Crippen LogP contribution in [0.2, 0.25) is 0 Å². The number of phenolic OH excluding ortho intramolecular Hbond substituents is 3. The van der Waals surface area contributed by atoms with Gasteiger partial charge in [0.05, 0.1) is 0 Å². The number of carbonyl (C=O) groups is 2. The van der Waals surface area contributed by atoms with Gasteiger partial charge < -0.3 is 26.4 Å². The molecule has 9 rings (SSSR count). The highest BCUT2D eigenvalue weighted by molar-refractivity contribution is 6.14. The van der Waals surface area contributed by atoms with E-state index < -0.39 is 11.1 Å². The Kier molecular flexibility index (Phi) is 19.4. The van der Waals surface area contributed by atoms with Gasteiger partial charge in [0.2, 0.25) is 0 Å². The highest BCUT2D eigenvalue weighted by Gasteiger charge is 2.53. The molecule has 0 aromatic heterocycles. The van der Waals surface area contributed by atoms with E-state index in [4.69, 9.17) is 5.73 Å². The highest BCUT2D eigenvalue weighted by Crippen LogP contribution is 2.52. The first-order chi connectivity index (χ1) is 31.2. The number of nitrogens with zero attached hydrogens (tertiary/aromatic N) is 1. The maximum absolute atomic E-state index is 13.8. The van der Waals surface area contributed by atoms with Crippen LogP contribution in [0.4, 0.5) is 11.4 Å². The molecule has 1 atom stereocenters. The van der Waals surface area contributed by atoms with Crippen molar-refractivity contribution < 1.29 is 24.9 Å². The lowest BCUT2D eigenvalue weighted by Crippen LogP contribution is -2.46. The number of anilines is 2. The third-order valence-electron chi connectivity index (χ3n) is 10.2. The first kappa shape index (κ1) is 51.0. The Bertz CT molecular complexity index is 2460. The molecule has 0 radical (unpaired) electrons. The summed E-state index contributed by atoms with van der Waals surface area (Å²) < 4.78 is 0. The minimum absolute atomic E-state index is 0.0897. The number of rotatable bonds is 5. The Morgan fingerprint density at radius 3 is 1.27 bits per heavy atom. The van der Waals surface area contributed by atoms with Crippen molar-refractivity contribution in [1.82, 2.24) is 5.32 Å². The summed E-state index contributed by atoms with van der Waals surface area (Å²) in [5.74, 6) is 0.258. The zero-order valence-electron chi connectivity index (χ0n) is 38.9. The number of hydrogen-bond donors (Lipinski definition) is 5. The monoisotopic (exact) mass is 859 g/mol. The number of fused-ring (bicyclic) bond motifs is 2. The predicted octanol–water partition coefficient (Wildman–Crippen LogP) is 13.2. The Balaban J connectivity index is 0.000000290. The molecule has 6 N–H and O–H groups in total. The van der Waals surface area contributed by atoms with E-state index in [0.717, 1.165) is 39.1 Å². The number of nitrogens with one attached hydrogen (secondary N) is 1. The number of amides is 2. The second-order valence-corrected chi connectivity index (χ2v) is 13.2. The van der Waals surface area contributed by atoms with E-state index in [2.05, 4.69) is 5.32 Å². The third kappa shape index (κ3) is 9.82. The Morgan fingerprint density at radius 2 is 0.797 bits per heavy atom. The van der Waals surface area contributed by atoms with Crippen molar-refractivity contribution in [2.75, 3.05) is 10.6 Å². The minimum Gasteiger partial charge on any atom is -0.508 e. The zero-order valence-corrected chi connectivity index (χ0v) is 38.9. The topological polar surface area (TPSA) is 136 Å². The van der Waals surface area contributed by atoms with E-state index in [1.54, 1.807) is 66.7 Å². The van der Waals surface area contributed by atoms with Crippen molar-refractivity contribution in [1.29, 1.82) is 0 Å². The van der Waals surface area contributed by atoms with Gasteiger partial charge in [-0.3, -0.25) is 14.5 Å². The molecule has 0 aliphatic carbocycles. The van der Waals surface area contributed by atoms with Gasteiger partial charge in [0.1, 0.15) is 28.3 Å². The molecule has 2 heterocycles. The molecule has 8 heteroatoms. The smallest absolute Gasteiger partial charge is 0.260 e. The van der Waals surface area contributed by atoms with E-state index >= 15 is 0 Å². The van der Waals surface area contributed by atoms with Gasteiger partial charge in [-0.2, -0.15) is 0 Å². The second-order valence-electron chi connectivity index (χ2n) is 13.2. The molecule has 2 amide bonds. The Morgan fingerprint density at radius 1 is 0.422 bits per heavy atom. The van der Waals surface area contributed by atoms with Crippen LogP contribution in [0.15, 0.2) is 176 Å². The number of nitrogens with two attached hydrogens (primary N) is 1. The third-order valence-corrected chi connectivity index (χ3v) is 10.2. The summed E-state index contributed by atoms with van der Waals surface area (Å²) in [5, 5.41) is 32.3. The van der Waals surface area contributed by atoms with Crippen molar-refractivity contribution in [3.8, 4) is 17.2 Å². The maximum Gasteiger partial charge on any atom is 0.260 e. The molecular weight excluding hydrogens is 795 g/mol. The van der Waals surface area contributed by atoms with Crippen LogP contribution in [-0.2, 0) is 11.1 Å². The summed E-state index contributed by atoms with van der Waals surface area (Å²) in [5.41, 5.74) is 12.4. The van der Waals surface area contributed by atoms with Gasteiger partial charge >= 0.3 is 0 Å². The molecule has 8 nitrogen and oxygen atoms in total. The molecule has 0 fully saturated rings. The van der Waals surface area contributed by atoms with Crippen molar-refractivity contribution in [2.24, 2.45) is 0 Å². The van der Waals surface area contributed by atoms with Crippen molar-refractivity contribution >= 4 is 23.2 Å². The molecule has 2 aliphatic heterocycles. The fourth-order valence-corrected chi connectivity index (χ4v) is 7.86. The van der Waals surface area contributed by atoms with Gasteiger partial charge in [-0.15, -0.1) is 0 Å². The molecular formula is C56H65N3O5. The van der Waals surface area contributed by atoms with Crippen LogP contribution in [0.3, 0.4) is 0 Å². The molecule has 0 bridgehead atoms. The quantitative estimate of drug-likeness (QED) is 0.109. The number of phenols is 3. The Hall–Kier alpha value is -7.32. The molecule has 7 aromatic carbocycles. The number of hydrogen-bond acceptors (Lipinski definition) is 6. The Labute approximate surface area is 380 Å². The van der Waals surface area contributed by atoms with Gasteiger partial charge in [0.15, 0.2) is 0 Å². The standard InChI is InChI=1S/C26H20N2O2.C20H15NO3.5C2H6/c27-24-13-7-6-12-23(24)26(18-14-16-20(29)17-15-18)22-11-5-4-10-21(22)25(30)28(26)19-8-2-1-3-9-19;22-15-9-5-13(6-10-15)20(14-7-11-16(23)12-8-14)18-4-2-1-3-17(18)19(24)21-20;5*1-2/h1-17,29H,27H2;1-12,22-23H,(H,21,24);5*1-2H3. The van der Waals surface area contributed by atoms with Crippen LogP contribution in [0, 0.1) is 0 Å². The largest absolute Gasteiger partial charge is 0.508 e. The average Bonchev–Trinajstić information content (AvgIpc) is 3.82. The van der Waals surface area contributed by atoms with Gasteiger partial charge in [0.25, 0.3) is 11.8 Å². The summed E-state index contributed by atoms with van der Waals surface area (Å²) >= 11 is 0. The maximum atomic E-state index is 13.8.